The number of Topliss-reactive ketones (excluding diaryl/α,β-unsaturated/α-hetero) is 1. The number of esters is 1. The molecule has 2 aromatic rings. The summed E-state index contributed by atoms with van der Waals surface area (Å²) in [4.78, 5) is 41.3. The summed E-state index contributed by atoms with van der Waals surface area (Å²) in [6.07, 6.45) is 2.90. The lowest BCUT2D eigenvalue weighted by Crippen LogP contribution is -2.31. The second-order valence-electron chi connectivity index (χ2n) is 7.37. The molecule has 1 aromatic heterocycles. The number of anilines is 1. The third-order valence-electron chi connectivity index (χ3n) is 4.97. The molecule has 2 heterocycles. The number of rotatable bonds is 9. The van der Waals surface area contributed by atoms with Gasteiger partial charge in [0.15, 0.2) is 5.78 Å². The highest BCUT2D eigenvalue weighted by molar-refractivity contribution is 8.03. The van der Waals surface area contributed by atoms with Crippen LogP contribution in [0.3, 0.4) is 0 Å². The number of hydrogen-bond donors (Lipinski definition) is 2. The molecule has 1 aromatic carbocycles. The number of thioether (sulfide) groups is 1. The summed E-state index contributed by atoms with van der Waals surface area (Å²) in [5, 5.41) is 16.5. The van der Waals surface area contributed by atoms with Crippen LogP contribution in [0, 0.1) is 11.3 Å². The molecule has 0 saturated carbocycles. The van der Waals surface area contributed by atoms with Crippen LogP contribution in [-0.2, 0) is 19.1 Å². The van der Waals surface area contributed by atoms with Crippen molar-refractivity contribution >= 4 is 35.1 Å². The maximum absolute atomic E-state index is 13.3. The van der Waals surface area contributed by atoms with Gasteiger partial charge in [-0.3, -0.25) is 19.4 Å². The summed E-state index contributed by atoms with van der Waals surface area (Å²) in [5.41, 5.74) is 2.54. The monoisotopic (exact) mass is 476 g/mol. The number of allylic oxidation sites excluding steroid dienone is 2. The third kappa shape index (κ3) is 6.11. The molecule has 0 aliphatic carbocycles. The SMILES string of the molecule is CCOC(=O)CC(=O)CSC1=C(C#N)C(c2cccnc2)C(C(=O)Nc2ccccc2)=C(C)N1. The van der Waals surface area contributed by atoms with Crippen molar-refractivity contribution in [2.45, 2.75) is 26.2 Å². The maximum atomic E-state index is 13.3. The minimum Gasteiger partial charge on any atom is -0.466 e. The van der Waals surface area contributed by atoms with E-state index >= 15 is 0 Å². The van der Waals surface area contributed by atoms with Gasteiger partial charge in [-0.2, -0.15) is 5.26 Å². The molecule has 0 fully saturated rings. The first kappa shape index (κ1) is 24.7. The number of dihydropyridines is 1. The van der Waals surface area contributed by atoms with Crippen molar-refractivity contribution in [1.82, 2.24) is 10.3 Å². The highest BCUT2D eigenvalue weighted by atomic mass is 32.2. The summed E-state index contributed by atoms with van der Waals surface area (Å²) in [5.74, 6) is -1.94. The highest BCUT2D eigenvalue weighted by Gasteiger charge is 2.35. The van der Waals surface area contributed by atoms with Crippen LogP contribution in [-0.4, -0.2) is 35.0 Å². The number of ether oxygens (including phenoxy) is 1. The van der Waals surface area contributed by atoms with E-state index in [2.05, 4.69) is 21.7 Å². The van der Waals surface area contributed by atoms with Gasteiger partial charge >= 0.3 is 5.97 Å². The van der Waals surface area contributed by atoms with E-state index in [1.54, 1.807) is 50.5 Å². The number of nitrogens with one attached hydrogen (secondary N) is 2. The zero-order valence-electron chi connectivity index (χ0n) is 18.8. The Kier molecular flexibility index (Phi) is 8.60. The molecular weight excluding hydrogens is 452 g/mol. The smallest absolute Gasteiger partial charge is 0.313 e. The summed E-state index contributed by atoms with van der Waals surface area (Å²) < 4.78 is 4.82. The Hall–Kier alpha value is -3.90. The van der Waals surface area contributed by atoms with Gasteiger partial charge in [0, 0.05) is 29.4 Å². The van der Waals surface area contributed by atoms with Gasteiger partial charge in [0.2, 0.25) is 0 Å². The van der Waals surface area contributed by atoms with Crippen LogP contribution < -0.4 is 10.6 Å². The highest BCUT2D eigenvalue weighted by Crippen LogP contribution is 2.40. The Morgan fingerprint density at radius 2 is 1.97 bits per heavy atom. The van der Waals surface area contributed by atoms with Crippen molar-refractivity contribution in [3.8, 4) is 6.07 Å². The summed E-state index contributed by atoms with van der Waals surface area (Å²) >= 11 is 1.12. The molecule has 0 radical (unpaired) electrons. The van der Waals surface area contributed by atoms with Gasteiger partial charge in [-0.05, 0) is 37.6 Å². The second-order valence-corrected chi connectivity index (χ2v) is 8.35. The van der Waals surface area contributed by atoms with Crippen LogP contribution in [0.4, 0.5) is 5.69 Å². The number of aromatic nitrogens is 1. The molecule has 2 N–H and O–H groups in total. The first-order chi connectivity index (χ1) is 16.4. The van der Waals surface area contributed by atoms with Crippen molar-refractivity contribution < 1.29 is 19.1 Å². The van der Waals surface area contributed by atoms with E-state index in [9.17, 15) is 19.6 Å². The lowest BCUT2D eigenvalue weighted by molar-refractivity contribution is -0.145. The van der Waals surface area contributed by atoms with Gasteiger partial charge in [-0.25, -0.2) is 0 Å². The van der Waals surface area contributed by atoms with E-state index in [1.807, 2.05) is 18.2 Å². The number of carbonyl (C=O) groups is 3. The maximum Gasteiger partial charge on any atom is 0.313 e. The number of pyridine rings is 1. The number of para-hydroxylation sites is 1. The summed E-state index contributed by atoms with van der Waals surface area (Å²) in [6, 6.07) is 14.8. The largest absolute Gasteiger partial charge is 0.466 e. The van der Waals surface area contributed by atoms with Crippen LogP contribution in [0.25, 0.3) is 0 Å². The van der Waals surface area contributed by atoms with Crippen LogP contribution in [0.15, 0.2) is 76.7 Å². The van der Waals surface area contributed by atoms with E-state index in [-0.39, 0.29) is 30.5 Å². The lowest BCUT2D eigenvalue weighted by Gasteiger charge is -2.29. The molecule has 1 atom stereocenters. The van der Waals surface area contributed by atoms with Crippen LogP contribution in [0.1, 0.15) is 31.7 Å². The number of ketones is 1. The Morgan fingerprint density at radius 1 is 1.21 bits per heavy atom. The topological polar surface area (TPSA) is 121 Å². The quantitative estimate of drug-likeness (QED) is 0.415. The van der Waals surface area contributed by atoms with Crippen molar-refractivity contribution in [1.29, 1.82) is 5.26 Å². The van der Waals surface area contributed by atoms with Gasteiger partial charge in [-0.1, -0.05) is 36.0 Å². The van der Waals surface area contributed by atoms with E-state index < -0.39 is 11.9 Å². The summed E-state index contributed by atoms with van der Waals surface area (Å²) in [6.45, 7) is 3.62. The van der Waals surface area contributed by atoms with E-state index in [0.717, 1.165) is 11.8 Å². The predicted molar refractivity (Wildman–Crippen MR) is 129 cm³/mol. The number of nitriles is 1. The normalized spacial score (nSPS) is 15.3. The molecule has 174 valence electrons. The first-order valence-electron chi connectivity index (χ1n) is 10.6. The molecule has 34 heavy (non-hydrogen) atoms. The standard InChI is InChI=1S/C25H24N4O4S/c1-3-33-21(31)12-19(30)15-34-25-20(13-26)23(17-8-7-11-27-14-17)22(16(2)28-25)24(32)29-18-9-5-4-6-10-18/h4-11,14,23,28H,3,12,15H2,1-2H3,(H,29,32). The Labute approximate surface area is 202 Å². The minimum absolute atomic E-state index is 0.0229. The number of nitrogens with zero attached hydrogens (tertiary/aromatic N) is 2. The molecule has 1 unspecified atom stereocenters. The predicted octanol–water partition coefficient (Wildman–Crippen LogP) is 3.67. The number of carbonyl (C=O) groups excluding carboxylic acids is 3. The molecule has 0 spiro atoms. The fraction of sp³-hybridized carbons (Fsp3) is 0.240. The van der Waals surface area contributed by atoms with Crippen molar-refractivity contribution in [3.63, 3.8) is 0 Å². The molecule has 0 saturated heterocycles. The van der Waals surface area contributed by atoms with E-state index in [4.69, 9.17) is 4.74 Å². The van der Waals surface area contributed by atoms with Gasteiger partial charge < -0.3 is 15.4 Å². The molecule has 9 heteroatoms. The fourth-order valence-electron chi connectivity index (χ4n) is 3.50. The van der Waals surface area contributed by atoms with E-state index in [1.165, 1.54) is 0 Å². The molecule has 1 amide bonds. The molecule has 3 rings (SSSR count). The molecule has 1 aliphatic heterocycles. The molecule has 0 bridgehead atoms. The number of benzene rings is 1. The van der Waals surface area contributed by atoms with Crippen LogP contribution in [0.5, 0.6) is 0 Å². The van der Waals surface area contributed by atoms with Gasteiger partial charge in [-0.15, -0.1) is 0 Å². The van der Waals surface area contributed by atoms with E-state index in [0.29, 0.717) is 33.1 Å². The van der Waals surface area contributed by atoms with Gasteiger partial charge in [0.05, 0.1) is 34.9 Å². The van der Waals surface area contributed by atoms with Crippen LogP contribution in [0.2, 0.25) is 0 Å². The Bertz CT molecular complexity index is 1170. The van der Waals surface area contributed by atoms with Gasteiger partial charge in [0.25, 0.3) is 5.91 Å². The average molecular weight is 477 g/mol. The lowest BCUT2D eigenvalue weighted by atomic mass is 9.83. The Morgan fingerprint density at radius 3 is 2.62 bits per heavy atom. The van der Waals surface area contributed by atoms with Crippen LogP contribution >= 0.6 is 11.8 Å². The van der Waals surface area contributed by atoms with Crippen molar-refractivity contribution in [2.24, 2.45) is 0 Å². The molecular formula is C25H24N4O4S. The minimum atomic E-state index is -0.675. The third-order valence-corrected chi connectivity index (χ3v) is 6.04. The summed E-state index contributed by atoms with van der Waals surface area (Å²) in [7, 11) is 0. The first-order valence-corrected chi connectivity index (χ1v) is 11.6. The fourth-order valence-corrected chi connectivity index (χ4v) is 4.46. The zero-order valence-corrected chi connectivity index (χ0v) is 19.6. The Balaban J connectivity index is 1.91. The van der Waals surface area contributed by atoms with Crippen molar-refractivity contribution in [3.05, 3.63) is 82.3 Å². The average Bonchev–Trinajstić information content (AvgIpc) is 2.83. The van der Waals surface area contributed by atoms with Crippen molar-refractivity contribution in [2.75, 3.05) is 17.7 Å². The zero-order chi connectivity index (χ0) is 24.5. The second kappa shape index (κ2) is 11.8. The number of hydrogen-bond acceptors (Lipinski definition) is 8. The van der Waals surface area contributed by atoms with Gasteiger partial charge in [0.1, 0.15) is 6.42 Å². The number of amides is 1. The molecule has 1 aliphatic rings. The molecule has 8 nitrogen and oxygen atoms in total.